The van der Waals surface area contributed by atoms with Gasteiger partial charge >= 0.3 is 0 Å². The summed E-state index contributed by atoms with van der Waals surface area (Å²) in [5, 5.41) is 6.76. The maximum absolute atomic E-state index is 5.38. The van der Waals surface area contributed by atoms with E-state index in [0.717, 1.165) is 12.2 Å². The summed E-state index contributed by atoms with van der Waals surface area (Å²) in [6, 6.07) is 6.69. The number of rotatable bonds is 6. The minimum absolute atomic E-state index is 0.00561. The Hall–Kier alpha value is -1.06. The highest BCUT2D eigenvalue weighted by Crippen LogP contribution is 2.29. The number of nitrogens with one attached hydrogen (secondary N) is 2. The van der Waals surface area contributed by atoms with Crippen molar-refractivity contribution in [3.05, 3.63) is 29.3 Å². The van der Waals surface area contributed by atoms with Crippen molar-refractivity contribution >= 4 is 0 Å². The summed E-state index contributed by atoms with van der Waals surface area (Å²) in [5.74, 6) is 0.971. The van der Waals surface area contributed by atoms with E-state index in [0.29, 0.717) is 0 Å². The standard InChI is InChI=1S/C15H26N2O/c1-7-11-10-12(8-9-13(11)18-6)14(16-4)15(2,3)17-5/h8-10,14,16-17H,7H2,1-6H3. The van der Waals surface area contributed by atoms with E-state index in [1.54, 1.807) is 7.11 Å². The number of hydrogen-bond donors (Lipinski definition) is 2. The molecule has 102 valence electrons. The van der Waals surface area contributed by atoms with Gasteiger partial charge in [0, 0.05) is 11.6 Å². The minimum atomic E-state index is -0.00561. The van der Waals surface area contributed by atoms with E-state index in [-0.39, 0.29) is 11.6 Å². The lowest BCUT2D eigenvalue weighted by Crippen LogP contribution is -2.47. The van der Waals surface area contributed by atoms with Crippen LogP contribution in [0.25, 0.3) is 0 Å². The molecule has 0 heterocycles. The quantitative estimate of drug-likeness (QED) is 0.814. The molecule has 0 saturated heterocycles. The molecule has 1 aromatic carbocycles. The van der Waals surface area contributed by atoms with E-state index in [1.165, 1.54) is 11.1 Å². The van der Waals surface area contributed by atoms with E-state index < -0.39 is 0 Å². The van der Waals surface area contributed by atoms with Crippen LogP contribution in [0.5, 0.6) is 5.75 Å². The zero-order chi connectivity index (χ0) is 13.8. The van der Waals surface area contributed by atoms with Crippen molar-refractivity contribution in [1.29, 1.82) is 0 Å². The van der Waals surface area contributed by atoms with Gasteiger partial charge in [0.1, 0.15) is 5.75 Å². The molecule has 0 saturated carbocycles. The van der Waals surface area contributed by atoms with Crippen LogP contribution in [0.4, 0.5) is 0 Å². The second kappa shape index (κ2) is 6.21. The fraction of sp³-hybridized carbons (Fsp3) is 0.600. The Morgan fingerprint density at radius 3 is 2.39 bits per heavy atom. The number of aryl methyl sites for hydroxylation is 1. The van der Waals surface area contributed by atoms with E-state index in [2.05, 4.69) is 49.6 Å². The van der Waals surface area contributed by atoms with Gasteiger partial charge in [-0.3, -0.25) is 0 Å². The fourth-order valence-electron chi connectivity index (χ4n) is 2.34. The molecule has 0 radical (unpaired) electrons. The van der Waals surface area contributed by atoms with Gasteiger partial charge in [0.05, 0.1) is 7.11 Å². The molecule has 2 N–H and O–H groups in total. The van der Waals surface area contributed by atoms with Crippen molar-refractivity contribution < 1.29 is 4.74 Å². The second-order valence-corrected chi connectivity index (χ2v) is 5.12. The summed E-state index contributed by atoms with van der Waals surface area (Å²) < 4.78 is 5.38. The van der Waals surface area contributed by atoms with Crippen LogP contribution in [0.3, 0.4) is 0 Å². The first-order valence-corrected chi connectivity index (χ1v) is 6.53. The Morgan fingerprint density at radius 1 is 1.28 bits per heavy atom. The molecular formula is C15H26N2O. The first-order valence-electron chi connectivity index (χ1n) is 6.53. The summed E-state index contributed by atoms with van der Waals surface area (Å²) in [5.41, 5.74) is 2.53. The van der Waals surface area contributed by atoms with Crippen LogP contribution >= 0.6 is 0 Å². The van der Waals surface area contributed by atoms with Gasteiger partial charge in [0.25, 0.3) is 0 Å². The number of likely N-dealkylation sites (N-methyl/N-ethyl adjacent to an activating group) is 2. The van der Waals surface area contributed by atoms with Crippen LogP contribution in [-0.2, 0) is 6.42 Å². The zero-order valence-electron chi connectivity index (χ0n) is 12.4. The topological polar surface area (TPSA) is 33.3 Å². The highest BCUT2D eigenvalue weighted by Gasteiger charge is 2.28. The van der Waals surface area contributed by atoms with Crippen molar-refractivity contribution in [2.45, 2.75) is 38.8 Å². The van der Waals surface area contributed by atoms with Gasteiger partial charge in [-0.25, -0.2) is 0 Å². The van der Waals surface area contributed by atoms with Crippen molar-refractivity contribution in [3.63, 3.8) is 0 Å². The van der Waals surface area contributed by atoms with Crippen LogP contribution in [0.2, 0.25) is 0 Å². The minimum Gasteiger partial charge on any atom is -0.496 e. The summed E-state index contributed by atoms with van der Waals surface area (Å²) in [6.07, 6.45) is 0.980. The van der Waals surface area contributed by atoms with Crippen molar-refractivity contribution in [2.75, 3.05) is 21.2 Å². The zero-order valence-corrected chi connectivity index (χ0v) is 12.4. The van der Waals surface area contributed by atoms with Crippen molar-refractivity contribution in [3.8, 4) is 5.75 Å². The highest BCUT2D eigenvalue weighted by molar-refractivity contribution is 5.39. The van der Waals surface area contributed by atoms with Gasteiger partial charge < -0.3 is 15.4 Å². The maximum atomic E-state index is 5.38. The predicted molar refractivity (Wildman–Crippen MR) is 77.3 cm³/mol. The predicted octanol–water partition coefficient (Wildman–Crippen LogP) is 2.52. The van der Waals surface area contributed by atoms with Crippen molar-refractivity contribution in [2.24, 2.45) is 0 Å². The number of hydrogen-bond acceptors (Lipinski definition) is 3. The van der Waals surface area contributed by atoms with Gasteiger partial charge in [-0.05, 0) is 51.6 Å². The summed E-state index contributed by atoms with van der Waals surface area (Å²) in [7, 11) is 5.72. The normalized spacial score (nSPS) is 13.4. The van der Waals surface area contributed by atoms with Gasteiger partial charge in [-0.1, -0.05) is 19.1 Å². The van der Waals surface area contributed by atoms with Crippen LogP contribution in [-0.4, -0.2) is 26.7 Å². The first-order chi connectivity index (χ1) is 8.50. The van der Waals surface area contributed by atoms with Crippen LogP contribution in [0.1, 0.15) is 37.9 Å². The van der Waals surface area contributed by atoms with E-state index >= 15 is 0 Å². The molecule has 0 aliphatic carbocycles. The average Bonchev–Trinajstić information content (AvgIpc) is 2.39. The molecule has 1 unspecified atom stereocenters. The molecule has 0 amide bonds. The Bertz CT molecular complexity index is 388. The molecule has 1 atom stereocenters. The third-order valence-corrected chi connectivity index (χ3v) is 3.67. The third-order valence-electron chi connectivity index (χ3n) is 3.67. The highest BCUT2D eigenvalue weighted by atomic mass is 16.5. The van der Waals surface area contributed by atoms with Gasteiger partial charge in [-0.2, -0.15) is 0 Å². The number of methoxy groups -OCH3 is 1. The molecule has 1 aromatic rings. The first kappa shape index (κ1) is 15.0. The van der Waals surface area contributed by atoms with Crippen LogP contribution in [0, 0.1) is 0 Å². The lowest BCUT2D eigenvalue weighted by Gasteiger charge is -2.34. The maximum Gasteiger partial charge on any atom is 0.122 e. The molecule has 0 fully saturated rings. The number of benzene rings is 1. The van der Waals surface area contributed by atoms with Gasteiger partial charge in [0.2, 0.25) is 0 Å². The van der Waals surface area contributed by atoms with Crippen LogP contribution < -0.4 is 15.4 Å². The number of ether oxygens (including phenoxy) is 1. The van der Waals surface area contributed by atoms with Gasteiger partial charge in [-0.15, -0.1) is 0 Å². The van der Waals surface area contributed by atoms with Gasteiger partial charge in [0.15, 0.2) is 0 Å². The molecule has 0 aliphatic heterocycles. The lowest BCUT2D eigenvalue weighted by molar-refractivity contribution is 0.311. The Labute approximate surface area is 111 Å². The fourth-order valence-corrected chi connectivity index (χ4v) is 2.34. The summed E-state index contributed by atoms with van der Waals surface area (Å²) in [6.45, 7) is 6.55. The smallest absolute Gasteiger partial charge is 0.122 e. The monoisotopic (exact) mass is 250 g/mol. The summed E-state index contributed by atoms with van der Waals surface area (Å²) in [4.78, 5) is 0. The molecule has 0 bridgehead atoms. The largest absolute Gasteiger partial charge is 0.496 e. The molecular weight excluding hydrogens is 224 g/mol. The molecule has 3 nitrogen and oxygen atoms in total. The Balaban J connectivity index is 3.15. The van der Waals surface area contributed by atoms with Crippen molar-refractivity contribution in [1.82, 2.24) is 10.6 Å². The van der Waals surface area contributed by atoms with E-state index in [1.807, 2.05) is 14.1 Å². The molecule has 18 heavy (non-hydrogen) atoms. The average molecular weight is 250 g/mol. The molecule has 3 heteroatoms. The van der Waals surface area contributed by atoms with E-state index in [9.17, 15) is 0 Å². The van der Waals surface area contributed by atoms with E-state index in [4.69, 9.17) is 4.74 Å². The second-order valence-electron chi connectivity index (χ2n) is 5.12. The molecule has 1 rings (SSSR count). The molecule has 0 aliphatic rings. The lowest BCUT2D eigenvalue weighted by atomic mass is 9.87. The Morgan fingerprint density at radius 2 is 1.94 bits per heavy atom. The summed E-state index contributed by atoms with van der Waals surface area (Å²) >= 11 is 0. The molecule has 0 aromatic heterocycles. The van der Waals surface area contributed by atoms with Crippen LogP contribution in [0.15, 0.2) is 18.2 Å². The Kier molecular flexibility index (Phi) is 5.17. The molecule has 0 spiro atoms. The SMILES string of the molecule is CCc1cc(C(NC)C(C)(C)NC)ccc1OC. The third kappa shape index (κ3) is 3.03.